The molecule has 0 aliphatic rings. The summed E-state index contributed by atoms with van der Waals surface area (Å²) >= 11 is 0. The maximum Gasteiger partial charge on any atom is 0.252 e. The Hall–Kier alpha value is -3.94. The van der Waals surface area contributed by atoms with Gasteiger partial charge in [-0.1, -0.05) is 12.2 Å². The number of carbonyl (C=O) groups is 1. The van der Waals surface area contributed by atoms with Crippen molar-refractivity contribution in [3.8, 4) is 5.75 Å². The molecule has 8 nitrogen and oxygen atoms in total. The predicted molar refractivity (Wildman–Crippen MR) is 113 cm³/mol. The molecule has 0 fully saturated rings. The maximum atomic E-state index is 12.0. The van der Waals surface area contributed by atoms with Crippen LogP contribution in [0.1, 0.15) is 28.7 Å². The van der Waals surface area contributed by atoms with E-state index in [1.165, 1.54) is 12.4 Å². The molecule has 0 spiro atoms. The van der Waals surface area contributed by atoms with E-state index in [4.69, 9.17) is 15.9 Å². The first-order valence-corrected chi connectivity index (χ1v) is 9.02. The fourth-order valence-corrected chi connectivity index (χ4v) is 2.71. The topological polar surface area (TPSA) is 130 Å². The van der Waals surface area contributed by atoms with E-state index in [1.54, 1.807) is 31.5 Å². The molecule has 1 amide bonds. The predicted octanol–water partition coefficient (Wildman–Crippen LogP) is 2.64. The van der Waals surface area contributed by atoms with Crippen molar-refractivity contribution in [3.05, 3.63) is 71.5 Å². The molecule has 3 aromatic rings. The molecule has 148 valence electrons. The van der Waals surface area contributed by atoms with E-state index in [1.807, 2.05) is 25.1 Å². The Labute approximate surface area is 168 Å². The number of H-pyrrole nitrogens is 1. The normalized spacial score (nSPS) is 11.7. The fraction of sp³-hybridized carbons (Fsp3) is 0.143. The molecule has 1 aromatic carbocycles. The van der Waals surface area contributed by atoms with E-state index in [0.29, 0.717) is 29.3 Å². The number of nitrogens with two attached hydrogens (primary N) is 1. The maximum absolute atomic E-state index is 12.0. The number of hydrogen-bond acceptors (Lipinski definition) is 6. The Morgan fingerprint density at radius 2 is 2.17 bits per heavy atom. The number of fused-ring (bicyclic) bond motifs is 1. The number of pyridine rings is 1. The lowest BCUT2D eigenvalue weighted by Gasteiger charge is -2.03. The van der Waals surface area contributed by atoms with Crippen LogP contribution in [0.25, 0.3) is 17.1 Å². The largest absolute Gasteiger partial charge is 0.497 e. The number of rotatable bonds is 7. The minimum Gasteiger partial charge on any atom is -0.497 e. The first-order chi connectivity index (χ1) is 14.0. The van der Waals surface area contributed by atoms with E-state index < -0.39 is 0 Å². The number of aromatic nitrogens is 3. The number of benzene rings is 1. The highest BCUT2D eigenvalue weighted by atomic mass is 16.5. The molecular weight excluding hydrogens is 368 g/mol. The van der Waals surface area contributed by atoms with Gasteiger partial charge in [-0.25, -0.2) is 4.98 Å². The second-order valence-corrected chi connectivity index (χ2v) is 6.17. The quantitative estimate of drug-likeness (QED) is 0.364. The van der Waals surface area contributed by atoms with Crippen molar-refractivity contribution in [2.45, 2.75) is 6.92 Å². The van der Waals surface area contributed by atoms with Gasteiger partial charge in [0.25, 0.3) is 5.91 Å². The molecule has 0 atom stereocenters. The molecule has 0 aliphatic heterocycles. The number of hydrogen-bond donors (Lipinski definition) is 4. The van der Waals surface area contributed by atoms with Crippen molar-refractivity contribution in [2.24, 2.45) is 5.73 Å². The van der Waals surface area contributed by atoms with Crippen LogP contribution < -0.4 is 15.8 Å². The van der Waals surface area contributed by atoms with Crippen molar-refractivity contribution in [1.29, 1.82) is 5.41 Å². The van der Waals surface area contributed by atoms with Crippen molar-refractivity contribution in [1.82, 2.24) is 20.3 Å². The van der Waals surface area contributed by atoms with Gasteiger partial charge in [0.15, 0.2) is 5.82 Å². The number of allylic oxidation sites excluding steroid dienone is 2. The second-order valence-electron chi connectivity index (χ2n) is 6.17. The van der Waals surface area contributed by atoms with Crippen LogP contribution in [0.2, 0.25) is 0 Å². The van der Waals surface area contributed by atoms with Crippen molar-refractivity contribution in [2.75, 3.05) is 13.7 Å². The van der Waals surface area contributed by atoms with Crippen LogP contribution in [0, 0.1) is 5.41 Å². The lowest BCUT2D eigenvalue weighted by atomic mass is 10.1. The van der Waals surface area contributed by atoms with Crippen LogP contribution in [0.3, 0.4) is 0 Å². The second kappa shape index (κ2) is 8.83. The van der Waals surface area contributed by atoms with Crippen LogP contribution in [0.15, 0.2) is 54.5 Å². The summed E-state index contributed by atoms with van der Waals surface area (Å²) in [5, 5.41) is 11.2. The number of amides is 1. The van der Waals surface area contributed by atoms with Crippen LogP contribution >= 0.6 is 0 Å². The van der Waals surface area contributed by atoms with Gasteiger partial charge in [-0.2, -0.15) is 0 Å². The van der Waals surface area contributed by atoms with Crippen LogP contribution in [0.5, 0.6) is 5.75 Å². The van der Waals surface area contributed by atoms with Crippen molar-refractivity contribution >= 4 is 28.7 Å². The lowest BCUT2D eigenvalue weighted by Crippen LogP contribution is -2.22. The summed E-state index contributed by atoms with van der Waals surface area (Å²) in [5.41, 5.74) is 9.03. The van der Waals surface area contributed by atoms with Gasteiger partial charge in [0.1, 0.15) is 11.5 Å². The highest BCUT2D eigenvalue weighted by molar-refractivity contribution is 6.11. The third-order valence-corrected chi connectivity index (χ3v) is 4.21. The van der Waals surface area contributed by atoms with Gasteiger partial charge in [-0.05, 0) is 30.7 Å². The van der Waals surface area contributed by atoms with E-state index >= 15 is 0 Å². The van der Waals surface area contributed by atoms with Crippen LogP contribution in [-0.4, -0.2) is 40.2 Å². The smallest absolute Gasteiger partial charge is 0.252 e. The van der Waals surface area contributed by atoms with E-state index in [9.17, 15) is 4.79 Å². The van der Waals surface area contributed by atoms with Gasteiger partial charge < -0.3 is 20.8 Å². The molecule has 0 bridgehead atoms. The van der Waals surface area contributed by atoms with Gasteiger partial charge in [-0.3, -0.25) is 15.2 Å². The molecule has 2 aromatic heterocycles. The number of methoxy groups -OCH3 is 1. The Balaban J connectivity index is 1.82. The SMILES string of the molecule is CCNC(=O)c1cncc(/C=C/C(=C/N)C(=N)c2nc3ccc(OC)cc3[nH]2)c1. The molecule has 0 saturated carbocycles. The summed E-state index contributed by atoms with van der Waals surface area (Å²) < 4.78 is 5.21. The standard InChI is InChI=1S/C21H22N6O2/c1-3-25-21(28)15-8-13(11-24-12-15)4-5-14(10-22)19(23)20-26-17-7-6-16(29-2)9-18(17)27-20/h4-12,23H,3,22H2,1-2H3,(H,25,28)(H,26,27)/b5-4+,14-10-,23-19?. The van der Waals surface area contributed by atoms with Crippen molar-refractivity contribution in [3.63, 3.8) is 0 Å². The molecule has 0 aliphatic carbocycles. The highest BCUT2D eigenvalue weighted by Crippen LogP contribution is 2.20. The first kappa shape index (κ1) is 19.8. The molecule has 3 rings (SSSR count). The molecular formula is C21H22N6O2. The zero-order valence-electron chi connectivity index (χ0n) is 16.2. The van der Waals surface area contributed by atoms with Gasteiger partial charge in [0.2, 0.25) is 0 Å². The number of nitrogens with one attached hydrogen (secondary N) is 3. The average molecular weight is 390 g/mol. The first-order valence-electron chi connectivity index (χ1n) is 9.02. The third kappa shape index (κ3) is 4.49. The summed E-state index contributed by atoms with van der Waals surface area (Å²) in [5.74, 6) is 0.910. The van der Waals surface area contributed by atoms with E-state index in [-0.39, 0.29) is 11.6 Å². The minimum atomic E-state index is -0.185. The highest BCUT2D eigenvalue weighted by Gasteiger charge is 2.12. The summed E-state index contributed by atoms with van der Waals surface area (Å²) in [4.78, 5) is 23.6. The van der Waals surface area contributed by atoms with E-state index in [0.717, 1.165) is 16.6 Å². The molecule has 0 unspecified atom stereocenters. The van der Waals surface area contributed by atoms with Gasteiger partial charge in [0.05, 0.1) is 23.7 Å². The third-order valence-electron chi connectivity index (χ3n) is 4.21. The summed E-state index contributed by atoms with van der Waals surface area (Å²) in [6.45, 7) is 2.40. The minimum absolute atomic E-state index is 0.145. The molecule has 2 heterocycles. The molecule has 8 heteroatoms. The monoisotopic (exact) mass is 390 g/mol. The Morgan fingerprint density at radius 1 is 1.34 bits per heavy atom. The molecule has 5 N–H and O–H groups in total. The Kier molecular flexibility index (Phi) is 6.03. The van der Waals surface area contributed by atoms with Gasteiger partial charge in [-0.15, -0.1) is 0 Å². The summed E-state index contributed by atoms with van der Waals surface area (Å²) in [6.07, 6.45) is 7.91. The van der Waals surface area contributed by atoms with Gasteiger partial charge in [0, 0.05) is 36.8 Å². The average Bonchev–Trinajstić information content (AvgIpc) is 3.17. The number of carbonyl (C=O) groups excluding carboxylic acids is 1. The lowest BCUT2D eigenvalue weighted by molar-refractivity contribution is 0.0955. The zero-order chi connectivity index (χ0) is 20.8. The Bertz CT molecular complexity index is 1110. The molecule has 0 radical (unpaired) electrons. The summed E-state index contributed by atoms with van der Waals surface area (Å²) in [7, 11) is 1.59. The van der Waals surface area contributed by atoms with Gasteiger partial charge >= 0.3 is 0 Å². The van der Waals surface area contributed by atoms with Crippen LogP contribution in [0.4, 0.5) is 0 Å². The van der Waals surface area contributed by atoms with Crippen LogP contribution in [-0.2, 0) is 0 Å². The number of aromatic amines is 1. The number of ether oxygens (including phenoxy) is 1. The number of imidazole rings is 1. The Morgan fingerprint density at radius 3 is 2.90 bits per heavy atom. The van der Waals surface area contributed by atoms with Crippen molar-refractivity contribution < 1.29 is 9.53 Å². The number of nitrogens with zero attached hydrogens (tertiary/aromatic N) is 2. The zero-order valence-corrected chi connectivity index (χ0v) is 16.2. The molecule has 29 heavy (non-hydrogen) atoms. The fourth-order valence-electron chi connectivity index (χ4n) is 2.71. The molecule has 0 saturated heterocycles. The van der Waals surface area contributed by atoms with E-state index in [2.05, 4.69) is 20.3 Å². The summed E-state index contributed by atoms with van der Waals surface area (Å²) in [6, 6.07) is 7.17.